The number of carbonyl (C=O) groups is 1. The van der Waals surface area contributed by atoms with Crippen molar-refractivity contribution in [3.05, 3.63) is 33.6 Å². The quantitative estimate of drug-likeness (QED) is 0.384. The zero-order chi connectivity index (χ0) is 22.8. The summed E-state index contributed by atoms with van der Waals surface area (Å²) in [6.45, 7) is 5.77. The molecule has 0 radical (unpaired) electrons. The normalized spacial score (nSPS) is 13.8. The SMILES string of the molecule is COc1ccc(NC(=O)CSc2nc3nc(N4CCCC4)sc3c(=O)n2C(C)C)cc1Cl. The number of nitrogens with one attached hydrogen (secondary N) is 1. The van der Waals surface area contributed by atoms with E-state index in [2.05, 4.69) is 20.2 Å². The standard InChI is InChI=1S/C21H24ClN5O3S2/c1-12(2)27-19(29)17-18(24-20(32-17)26-8-4-5-9-26)25-21(27)31-11-16(28)23-13-6-7-15(30-3)14(22)10-13/h6-7,10,12H,4-5,8-9,11H2,1-3H3,(H,23,28). The highest BCUT2D eigenvalue weighted by Crippen LogP contribution is 2.31. The molecule has 0 saturated carbocycles. The smallest absolute Gasteiger partial charge is 0.274 e. The Morgan fingerprint density at radius 1 is 1.31 bits per heavy atom. The number of rotatable bonds is 7. The van der Waals surface area contributed by atoms with E-state index in [4.69, 9.17) is 16.3 Å². The molecule has 32 heavy (non-hydrogen) atoms. The van der Waals surface area contributed by atoms with E-state index in [9.17, 15) is 9.59 Å². The molecule has 1 saturated heterocycles. The van der Waals surface area contributed by atoms with Crippen molar-refractivity contribution < 1.29 is 9.53 Å². The molecular weight excluding hydrogens is 470 g/mol. The largest absolute Gasteiger partial charge is 0.495 e. The topological polar surface area (TPSA) is 89.3 Å². The van der Waals surface area contributed by atoms with Gasteiger partial charge in [-0.25, -0.2) is 4.98 Å². The summed E-state index contributed by atoms with van der Waals surface area (Å²) in [6, 6.07) is 4.95. The Morgan fingerprint density at radius 3 is 2.72 bits per heavy atom. The number of methoxy groups -OCH3 is 1. The molecule has 4 rings (SSSR count). The number of benzene rings is 1. The summed E-state index contributed by atoms with van der Waals surface area (Å²) in [5.41, 5.74) is 0.905. The maximum atomic E-state index is 13.2. The van der Waals surface area contributed by atoms with Crippen LogP contribution >= 0.6 is 34.7 Å². The number of thioether (sulfide) groups is 1. The molecule has 11 heteroatoms. The summed E-state index contributed by atoms with van der Waals surface area (Å²) < 4.78 is 7.32. The number of hydrogen-bond donors (Lipinski definition) is 1. The van der Waals surface area contributed by atoms with Crippen LogP contribution in [-0.2, 0) is 4.79 Å². The lowest BCUT2D eigenvalue weighted by Crippen LogP contribution is -2.25. The Labute approximate surface area is 198 Å². The number of hydrogen-bond acceptors (Lipinski definition) is 8. The first-order valence-electron chi connectivity index (χ1n) is 10.3. The molecule has 1 N–H and O–H groups in total. The van der Waals surface area contributed by atoms with E-state index in [0.717, 1.165) is 31.1 Å². The van der Waals surface area contributed by atoms with Crippen molar-refractivity contribution in [2.75, 3.05) is 36.2 Å². The number of fused-ring (bicyclic) bond motifs is 1. The molecule has 0 bridgehead atoms. The first kappa shape index (κ1) is 22.9. The Balaban J connectivity index is 1.54. The van der Waals surface area contributed by atoms with Crippen LogP contribution in [0.3, 0.4) is 0 Å². The fraction of sp³-hybridized carbons (Fsp3) is 0.429. The highest BCUT2D eigenvalue weighted by molar-refractivity contribution is 7.99. The van der Waals surface area contributed by atoms with E-state index in [-0.39, 0.29) is 23.3 Å². The van der Waals surface area contributed by atoms with Gasteiger partial charge >= 0.3 is 0 Å². The van der Waals surface area contributed by atoms with Crippen molar-refractivity contribution in [2.45, 2.75) is 37.9 Å². The van der Waals surface area contributed by atoms with E-state index in [0.29, 0.717) is 32.0 Å². The number of amides is 1. The van der Waals surface area contributed by atoms with Crippen molar-refractivity contribution in [2.24, 2.45) is 0 Å². The van der Waals surface area contributed by atoms with Crippen LogP contribution in [0.25, 0.3) is 10.3 Å². The Kier molecular flexibility index (Phi) is 6.92. The molecule has 170 valence electrons. The van der Waals surface area contributed by atoms with Crippen LogP contribution in [0.4, 0.5) is 10.8 Å². The molecule has 3 aromatic rings. The van der Waals surface area contributed by atoms with Crippen molar-refractivity contribution in [3.8, 4) is 5.75 Å². The van der Waals surface area contributed by atoms with Crippen molar-refractivity contribution >= 4 is 61.8 Å². The first-order valence-corrected chi connectivity index (χ1v) is 12.5. The van der Waals surface area contributed by atoms with Gasteiger partial charge in [0.25, 0.3) is 5.56 Å². The molecular formula is C21H24ClN5O3S2. The van der Waals surface area contributed by atoms with Crippen LogP contribution in [0.5, 0.6) is 5.75 Å². The van der Waals surface area contributed by atoms with Gasteiger partial charge in [0.15, 0.2) is 15.9 Å². The van der Waals surface area contributed by atoms with Gasteiger partial charge in [-0.15, -0.1) is 0 Å². The van der Waals surface area contributed by atoms with Gasteiger partial charge in [-0.2, -0.15) is 4.98 Å². The molecule has 0 spiro atoms. The number of carbonyl (C=O) groups excluding carboxylic acids is 1. The number of halogens is 1. The van der Waals surface area contributed by atoms with Gasteiger partial charge in [-0.3, -0.25) is 14.2 Å². The van der Waals surface area contributed by atoms with E-state index in [1.165, 1.54) is 30.2 Å². The molecule has 1 aromatic carbocycles. The van der Waals surface area contributed by atoms with Crippen LogP contribution in [0.15, 0.2) is 28.2 Å². The monoisotopic (exact) mass is 493 g/mol. The molecule has 3 heterocycles. The lowest BCUT2D eigenvalue weighted by molar-refractivity contribution is -0.113. The molecule has 1 fully saturated rings. The minimum atomic E-state index is -0.225. The van der Waals surface area contributed by atoms with Gasteiger partial charge in [-0.1, -0.05) is 34.7 Å². The van der Waals surface area contributed by atoms with Gasteiger partial charge in [0.1, 0.15) is 10.4 Å². The third-order valence-corrected chi connectivity index (χ3v) is 7.42. The highest BCUT2D eigenvalue weighted by Gasteiger charge is 2.22. The summed E-state index contributed by atoms with van der Waals surface area (Å²) >= 11 is 8.74. The summed E-state index contributed by atoms with van der Waals surface area (Å²) in [5.74, 6) is 0.406. The van der Waals surface area contributed by atoms with Crippen LogP contribution in [0.2, 0.25) is 5.02 Å². The van der Waals surface area contributed by atoms with Gasteiger partial charge in [0.05, 0.1) is 17.9 Å². The number of anilines is 2. The van der Waals surface area contributed by atoms with Crippen molar-refractivity contribution in [3.63, 3.8) is 0 Å². The summed E-state index contributed by atoms with van der Waals surface area (Å²) in [4.78, 5) is 37.2. The Bertz CT molecular complexity index is 1200. The van der Waals surface area contributed by atoms with Crippen LogP contribution in [0.1, 0.15) is 32.7 Å². The summed E-state index contributed by atoms with van der Waals surface area (Å²) in [7, 11) is 1.53. The summed E-state index contributed by atoms with van der Waals surface area (Å²) in [6.07, 6.45) is 2.27. The third-order valence-electron chi connectivity index (χ3n) is 5.08. The van der Waals surface area contributed by atoms with Crippen molar-refractivity contribution in [1.29, 1.82) is 0 Å². The lowest BCUT2D eigenvalue weighted by Gasteiger charge is -2.14. The van der Waals surface area contributed by atoms with E-state index in [1.807, 2.05) is 13.8 Å². The zero-order valence-electron chi connectivity index (χ0n) is 18.1. The Morgan fingerprint density at radius 2 is 2.06 bits per heavy atom. The highest BCUT2D eigenvalue weighted by atomic mass is 35.5. The van der Waals surface area contributed by atoms with Gasteiger partial charge in [0, 0.05) is 24.8 Å². The predicted molar refractivity (Wildman–Crippen MR) is 131 cm³/mol. The number of ether oxygens (including phenoxy) is 1. The minimum Gasteiger partial charge on any atom is -0.495 e. The molecule has 8 nitrogen and oxygen atoms in total. The maximum Gasteiger partial charge on any atom is 0.274 e. The van der Waals surface area contributed by atoms with E-state index >= 15 is 0 Å². The predicted octanol–water partition coefficient (Wildman–Crippen LogP) is 4.43. The minimum absolute atomic E-state index is 0.0947. The molecule has 2 aromatic heterocycles. The van der Waals surface area contributed by atoms with Gasteiger partial charge < -0.3 is 15.0 Å². The van der Waals surface area contributed by atoms with Gasteiger partial charge in [0.2, 0.25) is 5.91 Å². The fourth-order valence-corrected chi connectivity index (χ4v) is 5.70. The third kappa shape index (κ3) is 4.72. The zero-order valence-corrected chi connectivity index (χ0v) is 20.4. The number of aromatic nitrogens is 3. The van der Waals surface area contributed by atoms with Crippen molar-refractivity contribution in [1.82, 2.24) is 14.5 Å². The summed E-state index contributed by atoms with van der Waals surface area (Å²) in [5, 5.41) is 4.55. The fourth-order valence-electron chi connectivity index (χ4n) is 3.53. The maximum absolute atomic E-state index is 13.2. The number of nitrogens with zero attached hydrogens (tertiary/aromatic N) is 4. The van der Waals surface area contributed by atoms with E-state index in [1.54, 1.807) is 22.8 Å². The molecule has 0 atom stereocenters. The average molecular weight is 494 g/mol. The molecule has 0 aliphatic carbocycles. The lowest BCUT2D eigenvalue weighted by atomic mass is 10.3. The Hall–Kier alpha value is -2.30. The van der Waals surface area contributed by atoms with Crippen LogP contribution in [0, 0.1) is 0 Å². The molecule has 1 aliphatic rings. The van der Waals surface area contributed by atoms with Crippen LogP contribution < -0.4 is 20.5 Å². The van der Waals surface area contributed by atoms with Crippen LogP contribution in [-0.4, -0.2) is 46.4 Å². The average Bonchev–Trinajstić information content (AvgIpc) is 3.42. The van der Waals surface area contributed by atoms with Gasteiger partial charge in [-0.05, 0) is 44.9 Å². The second-order valence-corrected chi connectivity index (χ2v) is 10.0. The molecule has 1 aliphatic heterocycles. The molecule has 1 amide bonds. The number of thiazole rings is 1. The second-order valence-electron chi connectivity index (χ2n) is 7.69. The second kappa shape index (κ2) is 9.68. The van der Waals surface area contributed by atoms with E-state index < -0.39 is 0 Å². The molecule has 0 unspecified atom stereocenters. The first-order chi connectivity index (χ1) is 15.4.